The molecule has 1 heterocycles. The highest BCUT2D eigenvalue weighted by molar-refractivity contribution is 8.00. The summed E-state index contributed by atoms with van der Waals surface area (Å²) >= 11 is 1.14. The Morgan fingerprint density at radius 3 is 2.62 bits per heavy atom. The first kappa shape index (κ1) is 20.4. The third kappa shape index (κ3) is 4.40. The maximum atomic E-state index is 13.5. The Kier molecular flexibility index (Phi) is 5.87. The average Bonchev–Trinajstić information content (AvgIpc) is 3.10. The van der Waals surface area contributed by atoms with E-state index in [1.807, 2.05) is 32.0 Å². The van der Waals surface area contributed by atoms with Crippen LogP contribution in [0.3, 0.4) is 0 Å². The number of para-hydroxylation sites is 1. The summed E-state index contributed by atoms with van der Waals surface area (Å²) in [6.45, 7) is 5.54. The van der Waals surface area contributed by atoms with Gasteiger partial charge in [-0.2, -0.15) is 9.07 Å². The summed E-state index contributed by atoms with van der Waals surface area (Å²) in [4.78, 5) is 22.5. The molecule has 0 unspecified atom stereocenters. The molecule has 1 N–H and O–H groups in total. The largest absolute Gasteiger partial charge is 0.325 e. The normalized spacial score (nSPS) is 11.9. The number of nitro groups is 1. The number of benzene rings is 2. The fourth-order valence-electron chi connectivity index (χ4n) is 2.72. The number of tetrazole rings is 1. The number of anilines is 1. The van der Waals surface area contributed by atoms with Gasteiger partial charge in [0.25, 0.3) is 0 Å². The van der Waals surface area contributed by atoms with E-state index in [4.69, 9.17) is 0 Å². The first-order valence-electron chi connectivity index (χ1n) is 8.54. The van der Waals surface area contributed by atoms with Crippen LogP contribution in [0.4, 0.5) is 15.8 Å². The van der Waals surface area contributed by atoms with E-state index in [0.717, 1.165) is 40.7 Å². The minimum atomic E-state index is -0.969. The summed E-state index contributed by atoms with van der Waals surface area (Å²) < 4.78 is 15.0. The minimum absolute atomic E-state index is 0.130. The van der Waals surface area contributed by atoms with Crippen molar-refractivity contribution in [2.45, 2.75) is 31.2 Å². The maximum Gasteiger partial charge on any atom is 0.306 e. The van der Waals surface area contributed by atoms with Gasteiger partial charge in [-0.1, -0.05) is 30.0 Å². The van der Waals surface area contributed by atoms with Crippen LogP contribution in [0.1, 0.15) is 18.1 Å². The zero-order valence-electron chi connectivity index (χ0n) is 15.8. The van der Waals surface area contributed by atoms with Gasteiger partial charge in [0.2, 0.25) is 16.9 Å². The van der Waals surface area contributed by atoms with Crippen molar-refractivity contribution in [3.05, 3.63) is 63.5 Å². The Bertz CT molecular complexity index is 1070. The molecule has 150 valence electrons. The molecule has 1 atom stereocenters. The zero-order chi connectivity index (χ0) is 21.1. The van der Waals surface area contributed by atoms with Crippen LogP contribution in [0.2, 0.25) is 0 Å². The van der Waals surface area contributed by atoms with Crippen LogP contribution in [0, 0.1) is 29.8 Å². The Balaban J connectivity index is 1.77. The van der Waals surface area contributed by atoms with Gasteiger partial charge in [0.05, 0.1) is 15.9 Å². The highest BCUT2D eigenvalue weighted by atomic mass is 32.2. The molecule has 0 aliphatic carbocycles. The van der Waals surface area contributed by atoms with Crippen molar-refractivity contribution in [1.82, 2.24) is 20.2 Å². The molecule has 9 nitrogen and oxygen atoms in total. The monoisotopic (exact) mass is 416 g/mol. The SMILES string of the molecule is Cc1cccc(C)c1-n1nnnc1S[C@H](C)C(=O)Nc1ccc(F)c([N+](=O)[O-])c1. The van der Waals surface area contributed by atoms with Crippen LogP contribution in [0.15, 0.2) is 41.6 Å². The van der Waals surface area contributed by atoms with E-state index in [2.05, 4.69) is 20.8 Å². The predicted molar refractivity (Wildman–Crippen MR) is 106 cm³/mol. The lowest BCUT2D eigenvalue weighted by Gasteiger charge is -2.13. The molecule has 11 heteroatoms. The highest BCUT2D eigenvalue weighted by Gasteiger charge is 2.22. The molecular weight excluding hydrogens is 399 g/mol. The van der Waals surface area contributed by atoms with Crippen LogP contribution in [-0.4, -0.2) is 36.3 Å². The number of halogens is 1. The lowest BCUT2D eigenvalue weighted by molar-refractivity contribution is -0.387. The predicted octanol–water partition coefficient (Wildman–Crippen LogP) is 3.45. The Morgan fingerprint density at radius 2 is 1.97 bits per heavy atom. The fraction of sp³-hybridized carbons (Fsp3) is 0.222. The van der Waals surface area contributed by atoms with Gasteiger partial charge in [0.1, 0.15) is 0 Å². The summed E-state index contributed by atoms with van der Waals surface area (Å²) in [6.07, 6.45) is 0. The number of nitrogens with zero attached hydrogens (tertiary/aromatic N) is 5. The number of carbonyl (C=O) groups excluding carboxylic acids is 1. The number of rotatable bonds is 6. The molecule has 1 aromatic heterocycles. The molecule has 3 rings (SSSR count). The Morgan fingerprint density at radius 1 is 1.28 bits per heavy atom. The van der Waals surface area contributed by atoms with Crippen molar-refractivity contribution in [3.8, 4) is 5.69 Å². The van der Waals surface area contributed by atoms with Gasteiger partial charge in [0, 0.05) is 11.8 Å². The van der Waals surface area contributed by atoms with Gasteiger partial charge in [0.15, 0.2) is 0 Å². The number of nitro benzene ring substituents is 1. The van der Waals surface area contributed by atoms with Gasteiger partial charge in [-0.05, 0) is 54.5 Å². The quantitative estimate of drug-likeness (QED) is 0.372. The van der Waals surface area contributed by atoms with E-state index in [1.165, 1.54) is 6.07 Å². The van der Waals surface area contributed by atoms with Crippen molar-refractivity contribution in [2.24, 2.45) is 0 Å². The molecule has 0 saturated carbocycles. The van der Waals surface area contributed by atoms with E-state index in [0.29, 0.717) is 5.16 Å². The minimum Gasteiger partial charge on any atom is -0.325 e. The summed E-state index contributed by atoms with van der Waals surface area (Å²) in [5.74, 6) is -1.39. The Hall–Kier alpha value is -3.34. The molecule has 0 aliphatic rings. The molecule has 1 amide bonds. The number of amides is 1. The van der Waals surface area contributed by atoms with E-state index >= 15 is 0 Å². The van der Waals surface area contributed by atoms with Gasteiger partial charge in [-0.3, -0.25) is 14.9 Å². The van der Waals surface area contributed by atoms with Crippen molar-refractivity contribution in [3.63, 3.8) is 0 Å². The topological polar surface area (TPSA) is 116 Å². The molecule has 0 bridgehead atoms. The lowest BCUT2D eigenvalue weighted by Crippen LogP contribution is -2.23. The second-order valence-electron chi connectivity index (χ2n) is 6.29. The second-order valence-corrected chi connectivity index (χ2v) is 7.59. The number of aromatic nitrogens is 4. The first-order chi connectivity index (χ1) is 13.8. The van der Waals surface area contributed by atoms with Crippen LogP contribution < -0.4 is 5.32 Å². The number of aryl methyl sites for hydroxylation is 2. The van der Waals surface area contributed by atoms with E-state index < -0.39 is 27.6 Å². The number of hydrogen-bond donors (Lipinski definition) is 1. The van der Waals surface area contributed by atoms with Gasteiger partial charge in [-0.15, -0.1) is 5.10 Å². The van der Waals surface area contributed by atoms with Crippen molar-refractivity contribution in [1.29, 1.82) is 0 Å². The number of nitrogens with one attached hydrogen (secondary N) is 1. The smallest absolute Gasteiger partial charge is 0.306 e. The average molecular weight is 416 g/mol. The van der Waals surface area contributed by atoms with Crippen LogP contribution >= 0.6 is 11.8 Å². The van der Waals surface area contributed by atoms with Gasteiger partial charge >= 0.3 is 5.69 Å². The van der Waals surface area contributed by atoms with Crippen LogP contribution in [0.25, 0.3) is 5.69 Å². The number of carbonyl (C=O) groups is 1. The van der Waals surface area contributed by atoms with E-state index in [1.54, 1.807) is 11.6 Å². The molecule has 0 radical (unpaired) electrons. The molecule has 0 aliphatic heterocycles. The second kappa shape index (κ2) is 8.35. The molecule has 3 aromatic rings. The summed E-state index contributed by atoms with van der Waals surface area (Å²) in [7, 11) is 0. The molecule has 2 aromatic carbocycles. The van der Waals surface area contributed by atoms with Gasteiger partial charge < -0.3 is 5.32 Å². The summed E-state index contributed by atoms with van der Waals surface area (Å²) in [5, 5.41) is 25.0. The van der Waals surface area contributed by atoms with Gasteiger partial charge in [-0.25, -0.2) is 0 Å². The molecule has 0 fully saturated rings. The fourth-order valence-corrected chi connectivity index (χ4v) is 3.51. The summed E-state index contributed by atoms with van der Waals surface area (Å²) in [6, 6.07) is 8.99. The number of hydrogen-bond acceptors (Lipinski definition) is 7. The standard InChI is InChI=1S/C18H17FN6O3S/c1-10-5-4-6-11(2)16(10)24-18(21-22-23-24)29-12(3)17(26)20-13-7-8-14(19)15(9-13)25(27)28/h4-9,12H,1-3H3,(H,20,26)/t12-/m1/s1. The van der Waals surface area contributed by atoms with Crippen molar-refractivity contribution >= 4 is 29.0 Å². The van der Waals surface area contributed by atoms with Crippen molar-refractivity contribution < 1.29 is 14.1 Å². The molecule has 29 heavy (non-hydrogen) atoms. The third-order valence-corrected chi connectivity index (χ3v) is 5.19. The zero-order valence-corrected chi connectivity index (χ0v) is 16.6. The molecular formula is C18H17FN6O3S. The lowest BCUT2D eigenvalue weighted by atomic mass is 10.1. The third-order valence-electron chi connectivity index (χ3n) is 4.15. The van der Waals surface area contributed by atoms with E-state index in [9.17, 15) is 19.3 Å². The first-order valence-corrected chi connectivity index (χ1v) is 9.42. The van der Waals surface area contributed by atoms with Crippen LogP contribution in [0.5, 0.6) is 0 Å². The number of thioether (sulfide) groups is 1. The Labute approximate surface area is 169 Å². The maximum absolute atomic E-state index is 13.5. The summed E-state index contributed by atoms with van der Waals surface area (Å²) in [5.41, 5.74) is 2.22. The van der Waals surface area contributed by atoms with Crippen LogP contribution in [-0.2, 0) is 4.79 Å². The van der Waals surface area contributed by atoms with E-state index in [-0.39, 0.29) is 5.69 Å². The highest BCUT2D eigenvalue weighted by Crippen LogP contribution is 2.27. The molecule has 0 saturated heterocycles. The molecule has 0 spiro atoms. The van der Waals surface area contributed by atoms with Crippen molar-refractivity contribution in [2.75, 3.05) is 5.32 Å².